The maximum absolute atomic E-state index is 9.65. The molecule has 1 N–H and O–H groups in total. The Hall–Kier alpha value is -0.970. The summed E-state index contributed by atoms with van der Waals surface area (Å²) in [6.07, 6.45) is 1.74. The fourth-order valence-corrected chi connectivity index (χ4v) is 2.83. The zero-order valence-corrected chi connectivity index (χ0v) is 10.8. The van der Waals surface area contributed by atoms with Crippen LogP contribution in [0.1, 0.15) is 18.4 Å². The third kappa shape index (κ3) is 2.41. The van der Waals surface area contributed by atoms with Crippen LogP contribution < -0.4 is 9.47 Å². The number of hydrogen-bond acceptors (Lipinski definition) is 4. The Balaban J connectivity index is 1.75. The van der Waals surface area contributed by atoms with Gasteiger partial charge in [0, 0.05) is 13.1 Å². The fourth-order valence-electron chi connectivity index (χ4n) is 2.54. The second-order valence-electron chi connectivity index (χ2n) is 4.84. The summed E-state index contributed by atoms with van der Waals surface area (Å²) in [5, 5.41) is 10.2. The first-order valence-corrected chi connectivity index (χ1v) is 6.58. The average Bonchev–Trinajstić information content (AvgIpc) is 2.77. The molecule has 0 amide bonds. The summed E-state index contributed by atoms with van der Waals surface area (Å²) >= 11 is 6.15. The normalized spacial score (nSPS) is 23.3. The lowest BCUT2D eigenvalue weighted by Gasteiger charge is -2.30. The van der Waals surface area contributed by atoms with E-state index in [4.69, 9.17) is 21.1 Å². The van der Waals surface area contributed by atoms with Gasteiger partial charge in [-0.2, -0.15) is 0 Å². The van der Waals surface area contributed by atoms with E-state index in [2.05, 4.69) is 4.90 Å². The van der Waals surface area contributed by atoms with Crippen LogP contribution in [0.2, 0.25) is 5.02 Å². The van der Waals surface area contributed by atoms with Gasteiger partial charge < -0.3 is 14.6 Å². The molecule has 0 aliphatic carbocycles. The van der Waals surface area contributed by atoms with Crippen LogP contribution in [0.25, 0.3) is 0 Å². The molecule has 2 aliphatic heterocycles. The summed E-state index contributed by atoms with van der Waals surface area (Å²) in [6, 6.07) is 3.88. The van der Waals surface area contributed by atoms with E-state index >= 15 is 0 Å². The minimum Gasteiger partial charge on any atom is -0.454 e. The Bertz CT molecular complexity index is 452. The Morgan fingerprint density at radius 3 is 3.11 bits per heavy atom. The molecule has 1 atom stereocenters. The average molecular weight is 270 g/mol. The van der Waals surface area contributed by atoms with Crippen molar-refractivity contribution in [3.63, 3.8) is 0 Å². The van der Waals surface area contributed by atoms with E-state index in [1.807, 2.05) is 12.1 Å². The van der Waals surface area contributed by atoms with Gasteiger partial charge in [0.1, 0.15) is 0 Å². The molecule has 1 aromatic carbocycles. The summed E-state index contributed by atoms with van der Waals surface area (Å²) < 4.78 is 10.6. The third-order valence-corrected chi connectivity index (χ3v) is 3.65. The number of likely N-dealkylation sites (tertiary alicyclic amines) is 1. The van der Waals surface area contributed by atoms with Crippen molar-refractivity contribution in [3.8, 4) is 11.5 Å². The van der Waals surface area contributed by atoms with Gasteiger partial charge in [-0.15, -0.1) is 0 Å². The molecule has 2 heterocycles. The van der Waals surface area contributed by atoms with Crippen LogP contribution in [0.15, 0.2) is 12.1 Å². The van der Waals surface area contributed by atoms with Gasteiger partial charge in [0.2, 0.25) is 6.79 Å². The summed E-state index contributed by atoms with van der Waals surface area (Å²) in [5.74, 6) is 1.36. The van der Waals surface area contributed by atoms with E-state index in [-0.39, 0.29) is 12.9 Å². The molecule has 5 heteroatoms. The van der Waals surface area contributed by atoms with Crippen LogP contribution in [0.3, 0.4) is 0 Å². The van der Waals surface area contributed by atoms with Gasteiger partial charge in [0.15, 0.2) is 11.5 Å². The summed E-state index contributed by atoms with van der Waals surface area (Å²) in [4.78, 5) is 2.24. The monoisotopic (exact) mass is 269 g/mol. The van der Waals surface area contributed by atoms with Crippen molar-refractivity contribution in [3.05, 3.63) is 22.7 Å². The molecule has 0 saturated carbocycles. The van der Waals surface area contributed by atoms with Crippen molar-refractivity contribution >= 4 is 11.6 Å². The minimum atomic E-state index is -0.205. The van der Waals surface area contributed by atoms with Gasteiger partial charge in [-0.3, -0.25) is 4.90 Å². The van der Waals surface area contributed by atoms with Crippen molar-refractivity contribution in [1.29, 1.82) is 0 Å². The quantitative estimate of drug-likeness (QED) is 0.892. The number of nitrogens with zero attached hydrogens (tertiary/aromatic N) is 1. The van der Waals surface area contributed by atoms with E-state index in [0.29, 0.717) is 10.8 Å². The Kier molecular flexibility index (Phi) is 3.33. The van der Waals surface area contributed by atoms with Crippen molar-refractivity contribution in [1.82, 2.24) is 4.90 Å². The number of ether oxygens (including phenoxy) is 2. The van der Waals surface area contributed by atoms with Crippen LogP contribution >= 0.6 is 11.6 Å². The number of fused-ring (bicyclic) bond motifs is 1. The largest absolute Gasteiger partial charge is 0.454 e. The van der Waals surface area contributed by atoms with E-state index < -0.39 is 0 Å². The number of benzene rings is 1. The molecule has 2 aliphatic rings. The van der Waals surface area contributed by atoms with E-state index in [9.17, 15) is 5.11 Å². The van der Waals surface area contributed by atoms with Crippen LogP contribution in [-0.2, 0) is 6.54 Å². The van der Waals surface area contributed by atoms with Crippen LogP contribution in [0.4, 0.5) is 0 Å². The SMILES string of the molecule is OC1CCCN(Cc2cc(Cl)c3c(c2)OCO3)C1. The van der Waals surface area contributed by atoms with E-state index in [0.717, 1.165) is 43.8 Å². The lowest BCUT2D eigenvalue weighted by atomic mass is 10.1. The molecule has 4 nitrogen and oxygen atoms in total. The lowest BCUT2D eigenvalue weighted by molar-refractivity contribution is 0.0668. The summed E-state index contributed by atoms with van der Waals surface area (Å²) in [6.45, 7) is 2.77. The van der Waals surface area contributed by atoms with Gasteiger partial charge in [-0.1, -0.05) is 11.6 Å². The molecular formula is C13H16ClNO3. The van der Waals surface area contributed by atoms with Crippen molar-refractivity contribution < 1.29 is 14.6 Å². The lowest BCUT2D eigenvalue weighted by Crippen LogP contribution is -2.37. The van der Waals surface area contributed by atoms with E-state index in [1.165, 1.54) is 0 Å². The Morgan fingerprint density at radius 2 is 2.28 bits per heavy atom. The first-order valence-electron chi connectivity index (χ1n) is 6.21. The van der Waals surface area contributed by atoms with Crippen LogP contribution in [0, 0.1) is 0 Å². The second-order valence-corrected chi connectivity index (χ2v) is 5.25. The van der Waals surface area contributed by atoms with Crippen molar-refractivity contribution in [2.75, 3.05) is 19.9 Å². The molecule has 0 bridgehead atoms. The number of halogens is 1. The number of rotatable bonds is 2. The van der Waals surface area contributed by atoms with Crippen LogP contribution in [0.5, 0.6) is 11.5 Å². The highest BCUT2D eigenvalue weighted by Crippen LogP contribution is 2.40. The summed E-state index contributed by atoms with van der Waals surface area (Å²) in [5.41, 5.74) is 1.10. The van der Waals surface area contributed by atoms with Crippen LogP contribution in [-0.4, -0.2) is 36.0 Å². The maximum Gasteiger partial charge on any atom is 0.231 e. The van der Waals surface area contributed by atoms with Gasteiger partial charge in [-0.25, -0.2) is 0 Å². The highest BCUT2D eigenvalue weighted by molar-refractivity contribution is 6.32. The zero-order chi connectivity index (χ0) is 12.5. The number of aliphatic hydroxyl groups is 1. The van der Waals surface area contributed by atoms with Gasteiger partial charge in [0.25, 0.3) is 0 Å². The maximum atomic E-state index is 9.65. The number of aliphatic hydroxyl groups excluding tert-OH is 1. The topological polar surface area (TPSA) is 41.9 Å². The predicted molar refractivity (Wildman–Crippen MR) is 68.1 cm³/mol. The number of hydrogen-bond donors (Lipinski definition) is 1. The Labute approximate surface area is 111 Å². The molecule has 1 saturated heterocycles. The summed E-state index contributed by atoms with van der Waals surface area (Å²) in [7, 11) is 0. The van der Waals surface area contributed by atoms with Gasteiger partial charge in [-0.05, 0) is 37.1 Å². The smallest absolute Gasteiger partial charge is 0.231 e. The second kappa shape index (κ2) is 4.96. The molecule has 0 radical (unpaired) electrons. The first kappa shape index (κ1) is 12.1. The number of β-amino-alcohol motifs (C(OH)–C–C–N with tert-alkyl or cyclic N) is 1. The molecule has 0 aromatic heterocycles. The fraction of sp³-hybridized carbons (Fsp3) is 0.538. The van der Waals surface area contributed by atoms with Gasteiger partial charge >= 0.3 is 0 Å². The Morgan fingerprint density at radius 1 is 1.39 bits per heavy atom. The van der Waals surface area contributed by atoms with Crippen molar-refractivity contribution in [2.45, 2.75) is 25.5 Å². The molecule has 1 aromatic rings. The molecule has 3 rings (SSSR count). The molecule has 18 heavy (non-hydrogen) atoms. The zero-order valence-electron chi connectivity index (χ0n) is 10.1. The molecular weight excluding hydrogens is 254 g/mol. The van der Waals surface area contributed by atoms with E-state index in [1.54, 1.807) is 0 Å². The van der Waals surface area contributed by atoms with Gasteiger partial charge in [0.05, 0.1) is 11.1 Å². The first-order chi connectivity index (χ1) is 8.72. The molecule has 1 fully saturated rings. The molecule has 0 spiro atoms. The molecule has 1 unspecified atom stereocenters. The third-order valence-electron chi connectivity index (χ3n) is 3.37. The molecule has 98 valence electrons. The van der Waals surface area contributed by atoms with Crippen molar-refractivity contribution in [2.24, 2.45) is 0 Å². The predicted octanol–water partition coefficient (Wildman–Crippen LogP) is 2.03. The minimum absolute atomic E-state index is 0.205. The number of piperidine rings is 1. The standard InChI is InChI=1S/C13H16ClNO3/c14-11-4-9(5-12-13(11)18-8-17-12)6-15-3-1-2-10(16)7-15/h4-5,10,16H,1-3,6-8H2. The highest BCUT2D eigenvalue weighted by atomic mass is 35.5. The highest BCUT2D eigenvalue weighted by Gasteiger charge is 2.21.